The molecule has 0 atom stereocenters. The number of benzene rings is 2. The van der Waals surface area contributed by atoms with Gasteiger partial charge in [-0.1, -0.05) is 36.3 Å². The molecule has 0 saturated carbocycles. The first-order valence-electron chi connectivity index (χ1n) is 10.2. The Morgan fingerprint density at radius 1 is 1.00 bits per heavy atom. The van der Waals surface area contributed by atoms with Gasteiger partial charge in [0.2, 0.25) is 0 Å². The molecule has 1 aliphatic carbocycles. The lowest BCUT2D eigenvalue weighted by molar-refractivity contribution is -0.112. The van der Waals surface area contributed by atoms with Crippen LogP contribution in [0, 0.1) is 12.3 Å². The Morgan fingerprint density at radius 2 is 1.75 bits per heavy atom. The van der Waals surface area contributed by atoms with Gasteiger partial charge in [0, 0.05) is 41.1 Å². The van der Waals surface area contributed by atoms with Gasteiger partial charge >= 0.3 is 0 Å². The Bertz CT molecular complexity index is 1260. The van der Waals surface area contributed by atoms with Crippen LogP contribution in [0.1, 0.15) is 28.8 Å². The van der Waals surface area contributed by atoms with Gasteiger partial charge in [0.15, 0.2) is 0 Å². The maximum Gasteiger partial charge on any atom is 0.256 e. The SMILES string of the molecule is C#Cc1ccc(C(=O)Nc2cc(-c3ccc(NC(=O)C4=CCCC=C4)cc3)nn2C)cc1. The summed E-state index contributed by atoms with van der Waals surface area (Å²) in [7, 11) is 1.76. The normalized spacial score (nSPS) is 12.6. The first-order valence-corrected chi connectivity index (χ1v) is 10.2. The summed E-state index contributed by atoms with van der Waals surface area (Å²) in [5.41, 5.74) is 4.19. The van der Waals surface area contributed by atoms with Crippen LogP contribution in [0.25, 0.3) is 11.3 Å². The van der Waals surface area contributed by atoms with Crippen molar-refractivity contribution in [2.45, 2.75) is 12.8 Å². The van der Waals surface area contributed by atoms with E-state index in [-0.39, 0.29) is 11.8 Å². The van der Waals surface area contributed by atoms with E-state index in [0.717, 1.165) is 24.0 Å². The second-order valence-corrected chi connectivity index (χ2v) is 7.38. The molecule has 1 aliphatic rings. The van der Waals surface area contributed by atoms with Crippen molar-refractivity contribution in [3.05, 3.63) is 89.5 Å². The Kier molecular flexibility index (Phi) is 6.00. The van der Waals surface area contributed by atoms with Crippen molar-refractivity contribution < 1.29 is 9.59 Å². The second kappa shape index (κ2) is 9.19. The lowest BCUT2D eigenvalue weighted by atomic mass is 10.1. The van der Waals surface area contributed by atoms with Crippen LogP contribution < -0.4 is 10.6 Å². The first kappa shape index (κ1) is 20.9. The number of amides is 2. The Hall–Kier alpha value is -4.37. The molecule has 2 aromatic carbocycles. The zero-order valence-corrected chi connectivity index (χ0v) is 17.6. The van der Waals surface area contributed by atoms with E-state index in [0.29, 0.717) is 28.3 Å². The molecular formula is C26H22N4O2. The van der Waals surface area contributed by atoms with E-state index in [4.69, 9.17) is 6.42 Å². The van der Waals surface area contributed by atoms with Gasteiger partial charge in [-0.15, -0.1) is 6.42 Å². The van der Waals surface area contributed by atoms with Crippen molar-refractivity contribution >= 4 is 23.3 Å². The predicted molar refractivity (Wildman–Crippen MR) is 126 cm³/mol. The third-order valence-corrected chi connectivity index (χ3v) is 5.13. The lowest BCUT2D eigenvalue weighted by Crippen LogP contribution is -2.14. The van der Waals surface area contributed by atoms with E-state index in [1.807, 2.05) is 42.5 Å². The summed E-state index contributed by atoms with van der Waals surface area (Å²) in [6, 6.07) is 16.1. The van der Waals surface area contributed by atoms with E-state index in [1.165, 1.54) is 0 Å². The number of allylic oxidation sites excluding steroid dienone is 2. The van der Waals surface area contributed by atoms with Gasteiger partial charge in [0.25, 0.3) is 11.8 Å². The number of terminal acetylenes is 1. The van der Waals surface area contributed by atoms with E-state index in [9.17, 15) is 9.59 Å². The number of hydrogen-bond donors (Lipinski definition) is 2. The average molecular weight is 422 g/mol. The van der Waals surface area contributed by atoms with E-state index in [1.54, 1.807) is 42.1 Å². The van der Waals surface area contributed by atoms with Crippen LogP contribution in [-0.2, 0) is 11.8 Å². The number of carbonyl (C=O) groups is 2. The smallest absolute Gasteiger partial charge is 0.256 e. The topological polar surface area (TPSA) is 76.0 Å². The molecule has 1 heterocycles. The molecule has 0 unspecified atom stereocenters. The van der Waals surface area contributed by atoms with Gasteiger partial charge in [-0.05, 0) is 49.2 Å². The number of rotatable bonds is 5. The summed E-state index contributed by atoms with van der Waals surface area (Å²) in [6.45, 7) is 0. The molecule has 0 spiro atoms. The number of aromatic nitrogens is 2. The number of carbonyl (C=O) groups excluding carboxylic acids is 2. The van der Waals surface area contributed by atoms with E-state index >= 15 is 0 Å². The first-order chi connectivity index (χ1) is 15.5. The van der Waals surface area contributed by atoms with Gasteiger partial charge in [-0.3, -0.25) is 14.3 Å². The average Bonchev–Trinajstić information content (AvgIpc) is 3.20. The van der Waals surface area contributed by atoms with Crippen LogP contribution in [-0.4, -0.2) is 21.6 Å². The summed E-state index contributed by atoms with van der Waals surface area (Å²) in [6.07, 6.45) is 13.0. The third kappa shape index (κ3) is 4.68. The Balaban J connectivity index is 1.44. The van der Waals surface area contributed by atoms with Crippen LogP contribution in [0.4, 0.5) is 11.5 Å². The zero-order valence-electron chi connectivity index (χ0n) is 17.6. The standard InChI is InChI=1S/C26H22N4O2/c1-3-18-9-11-21(12-10-18)26(32)28-24-17-23(29-30(24)2)19-13-15-22(16-14-19)27-25(31)20-7-5-4-6-8-20/h1,5,7-17H,4,6H2,2H3,(H,27,31)(H,28,32). The lowest BCUT2D eigenvalue weighted by Gasteiger charge is -2.08. The quantitative estimate of drug-likeness (QED) is 0.593. The molecule has 0 radical (unpaired) electrons. The fourth-order valence-corrected chi connectivity index (χ4v) is 3.34. The van der Waals surface area contributed by atoms with Crippen LogP contribution >= 0.6 is 0 Å². The molecule has 6 nitrogen and oxygen atoms in total. The van der Waals surface area contributed by atoms with Crippen molar-refractivity contribution in [3.63, 3.8) is 0 Å². The van der Waals surface area contributed by atoms with Crippen molar-refractivity contribution in [1.29, 1.82) is 0 Å². The highest BCUT2D eigenvalue weighted by atomic mass is 16.2. The van der Waals surface area contributed by atoms with Crippen molar-refractivity contribution in [3.8, 4) is 23.6 Å². The number of aryl methyl sites for hydroxylation is 1. The minimum atomic E-state index is -0.243. The fraction of sp³-hybridized carbons (Fsp3) is 0.115. The minimum Gasteiger partial charge on any atom is -0.322 e. The molecule has 2 N–H and O–H groups in total. The summed E-state index contributed by atoms with van der Waals surface area (Å²) in [5.74, 6) is 2.74. The van der Waals surface area contributed by atoms with Crippen LogP contribution in [0.5, 0.6) is 0 Å². The largest absolute Gasteiger partial charge is 0.322 e. The van der Waals surface area contributed by atoms with Crippen LogP contribution in [0.3, 0.4) is 0 Å². The number of nitrogens with zero attached hydrogens (tertiary/aromatic N) is 2. The van der Waals surface area contributed by atoms with Gasteiger partial charge in [-0.2, -0.15) is 5.10 Å². The molecular weight excluding hydrogens is 400 g/mol. The molecule has 158 valence electrons. The number of anilines is 2. The molecule has 0 fully saturated rings. The Labute approximate surface area is 186 Å². The molecule has 32 heavy (non-hydrogen) atoms. The van der Waals surface area contributed by atoms with Gasteiger partial charge in [0.1, 0.15) is 5.82 Å². The highest BCUT2D eigenvalue weighted by Crippen LogP contribution is 2.24. The highest BCUT2D eigenvalue weighted by molar-refractivity contribution is 6.06. The molecule has 2 amide bonds. The summed E-state index contributed by atoms with van der Waals surface area (Å²) >= 11 is 0. The molecule has 1 aromatic heterocycles. The molecule has 4 rings (SSSR count). The third-order valence-electron chi connectivity index (χ3n) is 5.13. The van der Waals surface area contributed by atoms with Gasteiger partial charge in [-0.25, -0.2) is 0 Å². The molecule has 0 saturated heterocycles. The molecule has 0 bridgehead atoms. The highest BCUT2D eigenvalue weighted by Gasteiger charge is 2.13. The minimum absolute atomic E-state index is 0.119. The van der Waals surface area contributed by atoms with Crippen molar-refractivity contribution in [2.75, 3.05) is 10.6 Å². The summed E-state index contributed by atoms with van der Waals surface area (Å²) in [4.78, 5) is 24.9. The number of nitrogens with one attached hydrogen (secondary N) is 2. The van der Waals surface area contributed by atoms with E-state index in [2.05, 4.69) is 21.7 Å². The molecule has 6 heteroatoms. The summed E-state index contributed by atoms with van der Waals surface area (Å²) < 4.78 is 1.61. The maximum absolute atomic E-state index is 12.5. The van der Waals surface area contributed by atoms with Crippen LogP contribution in [0.15, 0.2) is 78.4 Å². The fourth-order valence-electron chi connectivity index (χ4n) is 3.34. The van der Waals surface area contributed by atoms with Gasteiger partial charge < -0.3 is 10.6 Å². The van der Waals surface area contributed by atoms with Crippen molar-refractivity contribution in [2.24, 2.45) is 7.05 Å². The molecule has 3 aromatic rings. The summed E-state index contributed by atoms with van der Waals surface area (Å²) in [5, 5.41) is 10.3. The zero-order chi connectivity index (χ0) is 22.5. The number of hydrogen-bond acceptors (Lipinski definition) is 3. The Morgan fingerprint density at radius 3 is 2.41 bits per heavy atom. The molecule has 0 aliphatic heterocycles. The second-order valence-electron chi connectivity index (χ2n) is 7.38. The van der Waals surface area contributed by atoms with E-state index < -0.39 is 0 Å². The predicted octanol–water partition coefficient (Wildman–Crippen LogP) is 4.54. The van der Waals surface area contributed by atoms with Crippen LogP contribution in [0.2, 0.25) is 0 Å². The van der Waals surface area contributed by atoms with Gasteiger partial charge in [0.05, 0.1) is 5.69 Å². The maximum atomic E-state index is 12.5. The van der Waals surface area contributed by atoms with Crippen molar-refractivity contribution in [1.82, 2.24) is 9.78 Å². The monoisotopic (exact) mass is 422 g/mol.